The van der Waals surface area contributed by atoms with E-state index in [1.54, 1.807) is 24.3 Å². The lowest BCUT2D eigenvalue weighted by Gasteiger charge is -2.02. The number of rotatable bonds is 6. The average Bonchev–Trinajstić information content (AvgIpc) is 2.58. The van der Waals surface area contributed by atoms with Crippen LogP contribution in [0.2, 0.25) is 0 Å². The molecular weight excluding hydrogens is 324 g/mol. The van der Waals surface area contributed by atoms with Crippen molar-refractivity contribution in [1.29, 1.82) is 0 Å². The summed E-state index contributed by atoms with van der Waals surface area (Å²) in [5, 5.41) is 10.7. The van der Waals surface area contributed by atoms with E-state index in [1.165, 1.54) is 24.3 Å². The van der Waals surface area contributed by atoms with Gasteiger partial charge in [-0.2, -0.15) is 0 Å². The zero-order valence-electron chi connectivity index (χ0n) is 13.3. The number of nitro groups is 1. The number of nitrogens with zero attached hydrogens (tertiary/aromatic N) is 1. The molecular formula is C18H16N2O5. The van der Waals surface area contributed by atoms with Gasteiger partial charge < -0.3 is 10.5 Å². The molecule has 0 atom stereocenters. The van der Waals surface area contributed by atoms with Crippen LogP contribution in [0.25, 0.3) is 6.08 Å². The van der Waals surface area contributed by atoms with Gasteiger partial charge in [-0.3, -0.25) is 14.9 Å². The third kappa shape index (κ3) is 5.91. The third-order valence-electron chi connectivity index (χ3n) is 3.28. The van der Waals surface area contributed by atoms with Gasteiger partial charge in [0.2, 0.25) is 0 Å². The lowest BCUT2D eigenvalue weighted by atomic mass is 10.1. The third-order valence-corrected chi connectivity index (χ3v) is 3.28. The number of ether oxygens (including phenoxy) is 1. The Morgan fingerprint density at radius 3 is 2.64 bits per heavy atom. The van der Waals surface area contributed by atoms with E-state index in [1.807, 2.05) is 6.07 Å². The number of nitrogen functional groups attached to an aromatic ring is 1. The first-order chi connectivity index (χ1) is 11.9. The number of nitro benzene ring substituents is 1. The monoisotopic (exact) mass is 340 g/mol. The molecule has 0 amide bonds. The maximum absolute atomic E-state index is 11.7. The van der Waals surface area contributed by atoms with Crippen molar-refractivity contribution >= 4 is 29.4 Å². The van der Waals surface area contributed by atoms with Crippen LogP contribution in [0.3, 0.4) is 0 Å². The van der Waals surface area contributed by atoms with Gasteiger partial charge in [0.1, 0.15) is 0 Å². The molecule has 0 aliphatic rings. The summed E-state index contributed by atoms with van der Waals surface area (Å²) in [4.78, 5) is 33.4. The van der Waals surface area contributed by atoms with Crippen molar-refractivity contribution in [3.63, 3.8) is 0 Å². The van der Waals surface area contributed by atoms with Gasteiger partial charge in [0.15, 0.2) is 0 Å². The molecule has 0 heterocycles. The average molecular weight is 340 g/mol. The summed E-state index contributed by atoms with van der Waals surface area (Å²) < 4.78 is 4.67. The number of esters is 2. The molecule has 2 rings (SSSR count). The molecule has 0 aromatic heterocycles. The van der Waals surface area contributed by atoms with Crippen LogP contribution in [0.4, 0.5) is 11.4 Å². The van der Waals surface area contributed by atoms with Crippen molar-refractivity contribution in [1.82, 2.24) is 0 Å². The first kappa shape index (κ1) is 17.9. The smallest absolute Gasteiger partial charge is 0.338 e. The van der Waals surface area contributed by atoms with E-state index in [2.05, 4.69) is 4.74 Å². The van der Waals surface area contributed by atoms with Crippen LogP contribution in [-0.2, 0) is 20.7 Å². The number of non-ortho nitro benzene ring substituents is 1. The maximum atomic E-state index is 11.7. The number of carbonyl (C=O) groups excluding carboxylic acids is 2. The fourth-order valence-corrected chi connectivity index (χ4v) is 2.10. The molecule has 0 spiro atoms. The minimum atomic E-state index is -0.830. The van der Waals surface area contributed by atoms with E-state index in [0.29, 0.717) is 17.7 Å². The number of hydrogen-bond donors (Lipinski definition) is 1. The number of nitrogens with two attached hydrogens (primary N) is 1. The topological polar surface area (TPSA) is 113 Å². The van der Waals surface area contributed by atoms with Crippen LogP contribution in [0.5, 0.6) is 0 Å². The quantitative estimate of drug-likeness (QED) is 0.216. The molecule has 0 saturated heterocycles. The van der Waals surface area contributed by atoms with Crippen molar-refractivity contribution in [3.8, 4) is 0 Å². The van der Waals surface area contributed by atoms with Crippen LogP contribution in [0.1, 0.15) is 17.5 Å². The van der Waals surface area contributed by atoms with Crippen molar-refractivity contribution in [2.75, 3.05) is 5.73 Å². The van der Waals surface area contributed by atoms with E-state index in [-0.39, 0.29) is 12.1 Å². The first-order valence-electron chi connectivity index (χ1n) is 7.45. The highest BCUT2D eigenvalue weighted by Gasteiger charge is 2.09. The van der Waals surface area contributed by atoms with E-state index < -0.39 is 16.9 Å². The Labute approximate surface area is 143 Å². The normalized spacial score (nSPS) is 10.6. The minimum Gasteiger partial charge on any atom is -0.399 e. The van der Waals surface area contributed by atoms with E-state index in [4.69, 9.17) is 5.73 Å². The highest BCUT2D eigenvalue weighted by molar-refractivity contribution is 5.94. The summed E-state index contributed by atoms with van der Waals surface area (Å²) in [6.45, 7) is 0. The van der Waals surface area contributed by atoms with Crippen LogP contribution in [0, 0.1) is 10.1 Å². The predicted molar refractivity (Wildman–Crippen MR) is 92.4 cm³/mol. The number of carbonyl (C=O) groups is 2. The molecule has 0 unspecified atom stereocenters. The number of benzene rings is 2. The summed E-state index contributed by atoms with van der Waals surface area (Å²) in [5.41, 5.74) is 7.49. The molecule has 7 nitrogen and oxygen atoms in total. The van der Waals surface area contributed by atoms with Gasteiger partial charge in [0.25, 0.3) is 5.69 Å². The van der Waals surface area contributed by atoms with Gasteiger partial charge in [-0.25, -0.2) is 4.79 Å². The molecule has 128 valence electrons. The Morgan fingerprint density at radius 2 is 1.92 bits per heavy atom. The standard InChI is InChI=1S/C18H16N2O5/c19-15-5-1-3-13(11-15)7-9-17(21)25-18(22)10-8-14-4-2-6-16(12-14)20(23)24/h1-6,8,10-12H,7,9,19H2/b10-8+. The lowest BCUT2D eigenvalue weighted by molar-refractivity contribution is -0.384. The second-order valence-corrected chi connectivity index (χ2v) is 5.22. The van der Waals surface area contributed by atoms with Gasteiger partial charge in [0, 0.05) is 23.9 Å². The molecule has 0 bridgehead atoms. The molecule has 2 aromatic carbocycles. The zero-order valence-corrected chi connectivity index (χ0v) is 13.3. The maximum Gasteiger partial charge on any atom is 0.338 e. The lowest BCUT2D eigenvalue weighted by Crippen LogP contribution is -2.10. The van der Waals surface area contributed by atoms with Gasteiger partial charge in [-0.1, -0.05) is 24.3 Å². The van der Waals surface area contributed by atoms with Gasteiger partial charge >= 0.3 is 11.9 Å². The Kier molecular flexibility index (Phi) is 6.00. The van der Waals surface area contributed by atoms with Crippen molar-refractivity contribution in [2.24, 2.45) is 0 Å². The first-order valence-corrected chi connectivity index (χ1v) is 7.45. The Bertz CT molecular complexity index is 830. The molecule has 2 aromatic rings. The molecule has 0 saturated carbocycles. The van der Waals surface area contributed by atoms with Crippen molar-refractivity contribution < 1.29 is 19.2 Å². The fraction of sp³-hybridized carbons (Fsp3) is 0.111. The van der Waals surface area contributed by atoms with Crippen molar-refractivity contribution in [3.05, 3.63) is 75.8 Å². The van der Waals surface area contributed by atoms with E-state index in [0.717, 1.165) is 11.6 Å². The number of anilines is 1. The zero-order chi connectivity index (χ0) is 18.2. The van der Waals surface area contributed by atoms with Crippen LogP contribution in [0.15, 0.2) is 54.6 Å². The van der Waals surface area contributed by atoms with Crippen LogP contribution < -0.4 is 5.73 Å². The minimum absolute atomic E-state index is 0.0415. The summed E-state index contributed by atoms with van der Waals surface area (Å²) >= 11 is 0. The SMILES string of the molecule is Nc1cccc(CCC(=O)OC(=O)/C=C/c2cccc([N+](=O)[O-])c2)c1. The number of aryl methyl sites for hydroxylation is 1. The van der Waals surface area contributed by atoms with Gasteiger partial charge in [0.05, 0.1) is 11.3 Å². The molecule has 25 heavy (non-hydrogen) atoms. The molecule has 7 heteroatoms. The van der Waals surface area contributed by atoms with Gasteiger partial charge in [-0.05, 0) is 35.8 Å². The summed E-state index contributed by atoms with van der Waals surface area (Å²) in [5.74, 6) is -1.49. The Morgan fingerprint density at radius 1 is 1.16 bits per heavy atom. The Hall–Kier alpha value is -3.48. The van der Waals surface area contributed by atoms with E-state index in [9.17, 15) is 19.7 Å². The van der Waals surface area contributed by atoms with Crippen LogP contribution in [-0.4, -0.2) is 16.9 Å². The van der Waals surface area contributed by atoms with Crippen molar-refractivity contribution in [2.45, 2.75) is 12.8 Å². The Balaban J connectivity index is 1.85. The molecule has 2 N–H and O–H groups in total. The summed E-state index contributed by atoms with van der Waals surface area (Å²) in [7, 11) is 0. The molecule has 0 fully saturated rings. The molecule has 0 aliphatic heterocycles. The summed E-state index contributed by atoms with van der Waals surface area (Å²) in [6.07, 6.45) is 2.85. The fourth-order valence-electron chi connectivity index (χ4n) is 2.10. The second-order valence-electron chi connectivity index (χ2n) is 5.22. The second kappa shape index (κ2) is 8.39. The highest BCUT2D eigenvalue weighted by atomic mass is 16.6. The van der Waals surface area contributed by atoms with Crippen LogP contribution >= 0.6 is 0 Å². The number of hydrogen-bond acceptors (Lipinski definition) is 6. The van der Waals surface area contributed by atoms with Gasteiger partial charge in [-0.15, -0.1) is 0 Å². The predicted octanol–water partition coefficient (Wildman–Crippen LogP) is 2.89. The molecule has 0 aliphatic carbocycles. The largest absolute Gasteiger partial charge is 0.399 e. The molecule has 0 radical (unpaired) electrons. The highest BCUT2D eigenvalue weighted by Crippen LogP contribution is 2.14. The van der Waals surface area contributed by atoms with E-state index >= 15 is 0 Å². The summed E-state index contributed by atoms with van der Waals surface area (Å²) in [6, 6.07) is 12.8.